The highest BCUT2D eigenvalue weighted by Crippen LogP contribution is 2.38. The van der Waals surface area contributed by atoms with E-state index in [1.807, 2.05) is 36.4 Å². The third kappa shape index (κ3) is 4.42. The van der Waals surface area contributed by atoms with Gasteiger partial charge in [0.05, 0.1) is 22.1 Å². The molecule has 0 amide bonds. The van der Waals surface area contributed by atoms with Crippen molar-refractivity contribution in [1.82, 2.24) is 15.0 Å². The molecule has 2 aromatic heterocycles. The first-order chi connectivity index (χ1) is 13.8. The third-order valence-corrected chi connectivity index (χ3v) is 7.00. The zero-order valence-corrected chi connectivity index (χ0v) is 18.6. The summed E-state index contributed by atoms with van der Waals surface area (Å²) >= 11 is 7.83. The fraction of sp³-hybridized carbons (Fsp3) is 0.150. The Morgan fingerprint density at radius 3 is 2.66 bits per heavy atom. The molecule has 6 nitrogen and oxygen atoms in total. The normalized spacial score (nSPS) is 11.6. The summed E-state index contributed by atoms with van der Waals surface area (Å²) < 4.78 is 13.7. The van der Waals surface area contributed by atoms with Crippen LogP contribution in [-0.2, 0) is 4.57 Å². The second-order valence-corrected chi connectivity index (χ2v) is 11.6. The highest BCUT2D eigenvalue weighted by Gasteiger charge is 2.17. The van der Waals surface area contributed by atoms with E-state index in [1.165, 1.54) is 23.1 Å². The maximum atomic E-state index is 12.6. The first kappa shape index (κ1) is 19.8. The van der Waals surface area contributed by atoms with Crippen LogP contribution in [0.1, 0.15) is 5.56 Å². The molecule has 0 spiro atoms. The molecule has 0 fully saturated rings. The molecule has 29 heavy (non-hydrogen) atoms. The van der Waals surface area contributed by atoms with Crippen molar-refractivity contribution < 1.29 is 4.57 Å². The molecule has 0 saturated heterocycles. The minimum absolute atomic E-state index is 0.368. The molecule has 4 aromatic rings. The van der Waals surface area contributed by atoms with Gasteiger partial charge in [-0.3, -0.25) is 5.32 Å². The van der Waals surface area contributed by atoms with E-state index in [2.05, 4.69) is 38.6 Å². The fourth-order valence-corrected chi connectivity index (χ4v) is 5.12. The number of para-hydroxylation sites is 1. The fourth-order valence-electron chi connectivity index (χ4n) is 2.87. The van der Waals surface area contributed by atoms with Gasteiger partial charge in [-0.2, -0.15) is 4.98 Å². The monoisotopic (exact) mass is 443 g/mol. The molecule has 2 heterocycles. The summed E-state index contributed by atoms with van der Waals surface area (Å²) in [6.45, 7) is 5.52. The van der Waals surface area contributed by atoms with Crippen molar-refractivity contribution >= 4 is 68.2 Å². The minimum Gasteiger partial charge on any atom is -0.338 e. The van der Waals surface area contributed by atoms with Gasteiger partial charge in [-0.1, -0.05) is 41.1 Å². The molecule has 4 rings (SSSR count). The Kier molecular flexibility index (Phi) is 5.30. The molecule has 0 aliphatic heterocycles. The summed E-state index contributed by atoms with van der Waals surface area (Å²) in [6, 6.07) is 13.6. The standard InChI is InChI=1S/C20H19ClN5OPS/c1-12-8-9-15-17(10-12)29-20(24-15)26-19-22-11-13(21)18(25-19)23-14-6-4-5-7-16(14)28(2,3)27/h4-11H,1-3H3,(H2,22,23,24,25,26). The van der Waals surface area contributed by atoms with Crippen LogP contribution in [0.2, 0.25) is 5.02 Å². The number of benzene rings is 2. The summed E-state index contributed by atoms with van der Waals surface area (Å²) in [7, 11) is -2.47. The maximum Gasteiger partial charge on any atom is 0.231 e. The van der Waals surface area contributed by atoms with Crippen LogP contribution in [-0.4, -0.2) is 28.3 Å². The molecule has 2 N–H and O–H groups in total. The van der Waals surface area contributed by atoms with Crippen molar-refractivity contribution in [3.8, 4) is 0 Å². The molecule has 0 aliphatic carbocycles. The molecule has 9 heteroatoms. The van der Waals surface area contributed by atoms with Crippen molar-refractivity contribution in [3.63, 3.8) is 0 Å². The van der Waals surface area contributed by atoms with E-state index in [0.29, 0.717) is 27.6 Å². The Bertz CT molecular complexity index is 1250. The Labute approximate surface area is 177 Å². The van der Waals surface area contributed by atoms with Gasteiger partial charge in [-0.15, -0.1) is 0 Å². The number of nitrogens with one attached hydrogen (secondary N) is 2. The number of fused-ring (bicyclic) bond motifs is 1. The van der Waals surface area contributed by atoms with Crippen molar-refractivity contribution in [1.29, 1.82) is 0 Å². The first-order valence-electron chi connectivity index (χ1n) is 8.88. The lowest BCUT2D eigenvalue weighted by Crippen LogP contribution is -2.10. The van der Waals surface area contributed by atoms with Crippen molar-refractivity contribution in [2.24, 2.45) is 0 Å². The van der Waals surface area contributed by atoms with Gasteiger partial charge in [-0.05, 0) is 50.1 Å². The molecular weight excluding hydrogens is 425 g/mol. The van der Waals surface area contributed by atoms with Crippen LogP contribution in [0.3, 0.4) is 0 Å². The Hall–Kier alpha value is -2.47. The van der Waals surface area contributed by atoms with Crippen molar-refractivity contribution in [2.75, 3.05) is 24.0 Å². The van der Waals surface area contributed by atoms with Crippen LogP contribution >= 0.6 is 30.1 Å². The lowest BCUT2D eigenvalue weighted by Gasteiger charge is -2.15. The summed E-state index contributed by atoms with van der Waals surface area (Å²) in [5, 5.41) is 8.15. The number of halogens is 1. The zero-order valence-electron chi connectivity index (χ0n) is 16.1. The number of rotatable bonds is 5. The predicted octanol–water partition coefficient (Wildman–Crippen LogP) is 5.78. The maximum absolute atomic E-state index is 12.6. The minimum atomic E-state index is -2.47. The highest BCUT2D eigenvalue weighted by atomic mass is 35.5. The second kappa shape index (κ2) is 7.75. The molecular formula is C20H19ClN5OPS. The van der Waals surface area contributed by atoms with Crippen LogP contribution in [0.15, 0.2) is 48.7 Å². The molecule has 0 bridgehead atoms. The summed E-state index contributed by atoms with van der Waals surface area (Å²) in [6.07, 6.45) is 1.52. The average Bonchev–Trinajstić information content (AvgIpc) is 3.05. The second-order valence-electron chi connectivity index (χ2n) is 7.00. The van der Waals surface area contributed by atoms with E-state index in [0.717, 1.165) is 15.5 Å². The smallest absolute Gasteiger partial charge is 0.231 e. The van der Waals surface area contributed by atoms with E-state index in [9.17, 15) is 4.57 Å². The van der Waals surface area contributed by atoms with Gasteiger partial charge in [0.15, 0.2) is 10.9 Å². The van der Waals surface area contributed by atoms with Crippen LogP contribution in [0.5, 0.6) is 0 Å². The van der Waals surface area contributed by atoms with E-state index in [1.54, 1.807) is 13.3 Å². The summed E-state index contributed by atoms with van der Waals surface area (Å²) in [4.78, 5) is 13.3. The zero-order chi connectivity index (χ0) is 20.6. The molecule has 0 radical (unpaired) electrons. The average molecular weight is 444 g/mol. The molecule has 2 aromatic carbocycles. The van der Waals surface area contributed by atoms with Gasteiger partial charge in [0.2, 0.25) is 5.95 Å². The first-order valence-corrected chi connectivity index (χ1v) is 12.7. The van der Waals surface area contributed by atoms with Gasteiger partial charge in [-0.25, -0.2) is 9.97 Å². The number of nitrogens with zero attached hydrogens (tertiary/aromatic N) is 3. The van der Waals surface area contributed by atoms with Gasteiger partial charge in [0, 0.05) is 5.30 Å². The predicted molar refractivity (Wildman–Crippen MR) is 123 cm³/mol. The van der Waals surface area contributed by atoms with Crippen LogP contribution in [0.4, 0.5) is 22.6 Å². The van der Waals surface area contributed by atoms with E-state index in [-0.39, 0.29) is 0 Å². The van der Waals surface area contributed by atoms with E-state index in [4.69, 9.17) is 11.6 Å². The number of hydrogen-bond donors (Lipinski definition) is 2. The van der Waals surface area contributed by atoms with Gasteiger partial charge in [0.25, 0.3) is 0 Å². The Balaban J connectivity index is 1.63. The van der Waals surface area contributed by atoms with Crippen LogP contribution in [0, 0.1) is 6.92 Å². The van der Waals surface area contributed by atoms with E-state index < -0.39 is 7.14 Å². The lowest BCUT2D eigenvalue weighted by molar-refractivity contribution is 0.588. The molecule has 148 valence electrons. The highest BCUT2D eigenvalue weighted by molar-refractivity contribution is 7.70. The van der Waals surface area contributed by atoms with Crippen molar-refractivity contribution in [2.45, 2.75) is 6.92 Å². The number of aryl methyl sites for hydroxylation is 1. The summed E-state index contributed by atoms with van der Waals surface area (Å²) in [5.74, 6) is 0.809. The molecule has 0 saturated carbocycles. The number of anilines is 4. The Morgan fingerprint density at radius 2 is 1.86 bits per heavy atom. The number of aromatic nitrogens is 3. The summed E-state index contributed by atoms with van der Waals surface area (Å²) in [5.41, 5.74) is 2.82. The topological polar surface area (TPSA) is 79.8 Å². The molecule has 0 aliphatic rings. The Morgan fingerprint density at radius 1 is 1.07 bits per heavy atom. The number of hydrogen-bond acceptors (Lipinski definition) is 7. The van der Waals surface area contributed by atoms with Crippen molar-refractivity contribution in [3.05, 3.63) is 59.2 Å². The van der Waals surface area contributed by atoms with Crippen LogP contribution < -0.4 is 15.9 Å². The van der Waals surface area contributed by atoms with Gasteiger partial charge in [0.1, 0.15) is 12.2 Å². The quantitative estimate of drug-likeness (QED) is 0.380. The van der Waals surface area contributed by atoms with Gasteiger partial charge < -0.3 is 9.88 Å². The molecule has 0 atom stereocenters. The van der Waals surface area contributed by atoms with E-state index >= 15 is 0 Å². The molecule has 0 unspecified atom stereocenters. The van der Waals surface area contributed by atoms with Crippen LogP contribution in [0.25, 0.3) is 10.2 Å². The largest absolute Gasteiger partial charge is 0.338 e. The van der Waals surface area contributed by atoms with Gasteiger partial charge >= 0.3 is 0 Å². The number of thiazole rings is 1. The lowest BCUT2D eigenvalue weighted by atomic mass is 10.2. The SMILES string of the molecule is Cc1ccc2nc(Nc3ncc(Cl)c(Nc4ccccc4P(C)(C)=O)n3)sc2c1. The third-order valence-electron chi connectivity index (χ3n) is 4.24.